The van der Waals surface area contributed by atoms with Gasteiger partial charge in [0.1, 0.15) is 0 Å². The van der Waals surface area contributed by atoms with E-state index >= 15 is 0 Å². The summed E-state index contributed by atoms with van der Waals surface area (Å²) < 4.78 is 7.06. The molecule has 96 valence electrons. The number of aryl methyl sites for hydroxylation is 1. The Kier molecular flexibility index (Phi) is 2.84. The van der Waals surface area contributed by atoms with Crippen LogP contribution >= 0.6 is 23.2 Å². The number of halogens is 2. The van der Waals surface area contributed by atoms with Crippen LogP contribution in [0.4, 0.5) is 0 Å². The lowest BCUT2D eigenvalue weighted by Gasteiger charge is -1.93. The van der Waals surface area contributed by atoms with Crippen LogP contribution in [0.3, 0.4) is 0 Å². The second-order valence-electron chi connectivity index (χ2n) is 4.15. The third-order valence-electron chi connectivity index (χ3n) is 2.73. The van der Waals surface area contributed by atoms with Gasteiger partial charge in [0.15, 0.2) is 11.3 Å². The Morgan fingerprint density at radius 2 is 2.11 bits per heavy atom. The average molecular weight is 295 g/mol. The van der Waals surface area contributed by atoms with Gasteiger partial charge in [-0.1, -0.05) is 23.2 Å². The van der Waals surface area contributed by atoms with Crippen LogP contribution in [0.25, 0.3) is 11.0 Å². The first-order valence-electron chi connectivity index (χ1n) is 5.46. The summed E-state index contributed by atoms with van der Waals surface area (Å²) in [5, 5.41) is 5.54. The van der Waals surface area contributed by atoms with E-state index in [1.807, 2.05) is 0 Å². The zero-order valence-corrected chi connectivity index (χ0v) is 11.4. The minimum absolute atomic E-state index is 0.215. The molecule has 0 radical (unpaired) electrons. The number of nitrogens with zero attached hydrogens (tertiary/aromatic N) is 2. The van der Waals surface area contributed by atoms with E-state index in [0.717, 1.165) is 0 Å². The quantitative estimate of drug-likeness (QED) is 0.677. The first-order chi connectivity index (χ1) is 9.04. The van der Waals surface area contributed by atoms with Gasteiger partial charge in [-0.3, -0.25) is 9.48 Å². The Balaban J connectivity index is 2.11. The lowest BCUT2D eigenvalue weighted by Crippen LogP contribution is -1.97. The fourth-order valence-corrected chi connectivity index (χ4v) is 2.42. The van der Waals surface area contributed by atoms with Gasteiger partial charge in [-0.05, 0) is 18.2 Å². The van der Waals surface area contributed by atoms with Crippen LogP contribution < -0.4 is 0 Å². The predicted octanol–water partition coefficient (Wildman–Crippen LogP) is 3.70. The van der Waals surface area contributed by atoms with Gasteiger partial charge in [0.05, 0.1) is 16.8 Å². The highest BCUT2D eigenvalue weighted by molar-refractivity contribution is 6.38. The van der Waals surface area contributed by atoms with Crippen LogP contribution in [0.15, 0.2) is 35.0 Å². The normalized spacial score (nSPS) is 11.1. The maximum atomic E-state index is 12.2. The molecule has 0 aliphatic carbocycles. The van der Waals surface area contributed by atoms with Crippen molar-refractivity contribution in [3.8, 4) is 0 Å². The summed E-state index contributed by atoms with van der Waals surface area (Å²) in [7, 11) is 1.74. The molecule has 3 aromatic rings. The number of furan rings is 1. The second-order valence-corrected chi connectivity index (χ2v) is 4.99. The monoisotopic (exact) mass is 294 g/mol. The number of hydrogen-bond acceptors (Lipinski definition) is 3. The maximum absolute atomic E-state index is 12.2. The third-order valence-corrected chi connectivity index (χ3v) is 3.23. The van der Waals surface area contributed by atoms with E-state index in [0.29, 0.717) is 26.6 Å². The van der Waals surface area contributed by atoms with Crippen molar-refractivity contribution < 1.29 is 9.21 Å². The molecule has 0 saturated carbocycles. The highest BCUT2D eigenvalue weighted by Gasteiger charge is 2.17. The molecule has 3 rings (SSSR count). The molecular formula is C13H8Cl2N2O2. The first kappa shape index (κ1) is 12.3. The summed E-state index contributed by atoms with van der Waals surface area (Å²) in [6.45, 7) is 0. The maximum Gasteiger partial charge on any atom is 0.231 e. The van der Waals surface area contributed by atoms with Gasteiger partial charge in [-0.2, -0.15) is 5.10 Å². The van der Waals surface area contributed by atoms with Crippen LogP contribution in [-0.4, -0.2) is 15.6 Å². The fraction of sp³-hybridized carbons (Fsp3) is 0.0769. The number of ketones is 1. The van der Waals surface area contributed by atoms with E-state index in [1.54, 1.807) is 36.1 Å². The van der Waals surface area contributed by atoms with Crippen molar-refractivity contribution in [3.05, 3.63) is 52.0 Å². The molecule has 0 aliphatic heterocycles. The summed E-state index contributed by atoms with van der Waals surface area (Å²) in [5.41, 5.74) is 0.919. The molecule has 19 heavy (non-hydrogen) atoms. The lowest BCUT2D eigenvalue weighted by atomic mass is 10.2. The zero-order valence-electron chi connectivity index (χ0n) is 9.85. The smallest absolute Gasteiger partial charge is 0.231 e. The van der Waals surface area contributed by atoms with E-state index < -0.39 is 0 Å². The fourth-order valence-electron chi connectivity index (χ4n) is 1.87. The Morgan fingerprint density at radius 1 is 1.32 bits per heavy atom. The number of aromatic nitrogens is 2. The molecule has 0 atom stereocenters. The number of rotatable bonds is 2. The van der Waals surface area contributed by atoms with Crippen molar-refractivity contribution in [1.82, 2.24) is 9.78 Å². The Hall–Kier alpha value is -1.78. The first-order valence-corrected chi connectivity index (χ1v) is 6.22. The summed E-state index contributed by atoms with van der Waals surface area (Å²) in [6, 6.07) is 4.90. The predicted molar refractivity (Wildman–Crippen MR) is 72.9 cm³/mol. The van der Waals surface area contributed by atoms with Gasteiger partial charge in [0.25, 0.3) is 0 Å². The number of benzene rings is 1. The second kappa shape index (κ2) is 4.40. The molecule has 0 N–H and O–H groups in total. The number of fused-ring (bicyclic) bond motifs is 1. The van der Waals surface area contributed by atoms with Crippen molar-refractivity contribution >= 4 is 40.0 Å². The minimum Gasteiger partial charge on any atom is -0.451 e. The van der Waals surface area contributed by atoms with Gasteiger partial charge < -0.3 is 4.42 Å². The molecule has 0 bridgehead atoms. The van der Waals surface area contributed by atoms with Gasteiger partial charge in [-0.25, -0.2) is 0 Å². The standard InChI is InChI=1S/C13H8Cl2N2O2/c1-17-6-8(5-16-17)12(18)11-3-7-2-9(14)4-10(15)13(7)19-11/h2-6H,1H3. The topological polar surface area (TPSA) is 48.0 Å². The molecule has 0 amide bonds. The average Bonchev–Trinajstić information content (AvgIpc) is 2.94. The number of carbonyl (C=O) groups is 1. The Bertz CT molecular complexity index is 789. The van der Waals surface area contributed by atoms with Gasteiger partial charge >= 0.3 is 0 Å². The Morgan fingerprint density at radius 3 is 2.79 bits per heavy atom. The molecule has 4 nitrogen and oxygen atoms in total. The van der Waals surface area contributed by atoms with Crippen LogP contribution in [0.5, 0.6) is 0 Å². The molecule has 0 fully saturated rings. The minimum atomic E-state index is -0.239. The van der Waals surface area contributed by atoms with Gasteiger partial charge in [0.2, 0.25) is 5.78 Å². The molecule has 0 spiro atoms. The van der Waals surface area contributed by atoms with Crippen LogP contribution in [-0.2, 0) is 7.05 Å². The molecule has 0 saturated heterocycles. The van der Waals surface area contributed by atoms with Crippen LogP contribution in [0, 0.1) is 0 Å². The molecule has 2 aromatic heterocycles. The molecular weight excluding hydrogens is 287 g/mol. The van der Waals surface area contributed by atoms with Crippen LogP contribution in [0.1, 0.15) is 16.1 Å². The number of carbonyl (C=O) groups excluding carboxylic acids is 1. The van der Waals surface area contributed by atoms with Crippen molar-refractivity contribution in [1.29, 1.82) is 0 Å². The van der Waals surface area contributed by atoms with Crippen molar-refractivity contribution in [2.24, 2.45) is 7.05 Å². The van der Waals surface area contributed by atoms with E-state index in [2.05, 4.69) is 5.10 Å². The van der Waals surface area contributed by atoms with Crippen molar-refractivity contribution in [3.63, 3.8) is 0 Å². The third kappa shape index (κ3) is 2.13. The summed E-state index contributed by atoms with van der Waals surface area (Å²) in [6.07, 6.45) is 3.12. The van der Waals surface area contributed by atoms with E-state index in [-0.39, 0.29) is 11.5 Å². The van der Waals surface area contributed by atoms with Gasteiger partial charge in [0, 0.05) is 23.7 Å². The zero-order chi connectivity index (χ0) is 13.6. The van der Waals surface area contributed by atoms with E-state index in [4.69, 9.17) is 27.6 Å². The molecule has 1 aromatic carbocycles. The van der Waals surface area contributed by atoms with Gasteiger partial charge in [-0.15, -0.1) is 0 Å². The molecule has 0 unspecified atom stereocenters. The SMILES string of the molecule is Cn1cc(C(=O)c2cc3cc(Cl)cc(Cl)c3o2)cn1. The molecule has 0 aliphatic rings. The highest BCUT2D eigenvalue weighted by atomic mass is 35.5. The summed E-state index contributed by atoms with van der Waals surface area (Å²) in [5.74, 6) is -0.0244. The van der Waals surface area contributed by atoms with Crippen molar-refractivity contribution in [2.45, 2.75) is 0 Å². The highest BCUT2D eigenvalue weighted by Crippen LogP contribution is 2.31. The molecule has 6 heteroatoms. The summed E-state index contributed by atoms with van der Waals surface area (Å²) in [4.78, 5) is 12.2. The van der Waals surface area contributed by atoms with E-state index in [1.165, 1.54) is 6.20 Å². The largest absolute Gasteiger partial charge is 0.451 e. The Labute approximate surface area is 118 Å². The number of hydrogen-bond donors (Lipinski definition) is 0. The van der Waals surface area contributed by atoms with Crippen molar-refractivity contribution in [2.75, 3.05) is 0 Å². The van der Waals surface area contributed by atoms with Crippen LogP contribution in [0.2, 0.25) is 10.0 Å². The lowest BCUT2D eigenvalue weighted by molar-refractivity contribution is 0.101. The summed E-state index contributed by atoms with van der Waals surface area (Å²) >= 11 is 11.9. The van der Waals surface area contributed by atoms with E-state index in [9.17, 15) is 4.79 Å². The molecule has 2 heterocycles.